The molecule has 0 aliphatic rings. The molecule has 0 unspecified atom stereocenters. The van der Waals surface area contributed by atoms with E-state index in [2.05, 4.69) is 37.5 Å². The summed E-state index contributed by atoms with van der Waals surface area (Å²) >= 11 is 0. The molecule has 0 spiro atoms. The van der Waals surface area contributed by atoms with Gasteiger partial charge in [-0.25, -0.2) is 9.37 Å². The molecule has 2 heterocycles. The van der Waals surface area contributed by atoms with Crippen LogP contribution >= 0.6 is 0 Å². The molecule has 4 rings (SSSR count). The SMILES string of the molecule is C=CC(=O)Nc1cc(Nc2ncc(F)c(Nc3ccc4ccccc4c3)n2)c(OCC(F)(F)F)nc1N(C)CCN(C)C. The third kappa shape index (κ3) is 8.52. The Morgan fingerprint density at radius 3 is 2.44 bits per heavy atom. The molecule has 226 valence electrons. The molecule has 4 aromatic rings. The van der Waals surface area contributed by atoms with Crippen molar-refractivity contribution in [3.8, 4) is 5.88 Å². The van der Waals surface area contributed by atoms with Crippen molar-refractivity contribution in [2.75, 3.05) is 61.7 Å². The van der Waals surface area contributed by atoms with Crippen LogP contribution in [-0.4, -0.2) is 72.8 Å². The van der Waals surface area contributed by atoms with Crippen molar-refractivity contribution >= 4 is 51.3 Å². The summed E-state index contributed by atoms with van der Waals surface area (Å²) in [6.07, 6.45) is -2.71. The molecule has 14 heteroatoms. The number of aromatic nitrogens is 3. The number of rotatable bonds is 12. The topological polar surface area (TPSA) is 108 Å². The van der Waals surface area contributed by atoms with E-state index in [4.69, 9.17) is 4.74 Å². The van der Waals surface area contributed by atoms with Crippen molar-refractivity contribution in [2.45, 2.75) is 6.18 Å². The van der Waals surface area contributed by atoms with E-state index in [9.17, 15) is 22.4 Å². The molecule has 0 saturated carbocycles. The molecule has 3 N–H and O–H groups in total. The number of hydrogen-bond donors (Lipinski definition) is 3. The molecular weight excluding hydrogens is 568 g/mol. The van der Waals surface area contributed by atoms with Gasteiger partial charge in [0.25, 0.3) is 0 Å². The summed E-state index contributed by atoms with van der Waals surface area (Å²) in [4.78, 5) is 28.2. The number of benzene rings is 2. The minimum absolute atomic E-state index is 0.100. The Labute approximate surface area is 245 Å². The summed E-state index contributed by atoms with van der Waals surface area (Å²) in [6, 6.07) is 14.4. The smallest absolute Gasteiger partial charge is 0.422 e. The number of fused-ring (bicyclic) bond motifs is 1. The Bertz CT molecular complexity index is 1610. The van der Waals surface area contributed by atoms with Crippen molar-refractivity contribution in [3.63, 3.8) is 0 Å². The van der Waals surface area contributed by atoms with E-state index in [0.717, 1.165) is 23.0 Å². The second-order valence-corrected chi connectivity index (χ2v) is 9.74. The molecule has 0 aliphatic carbocycles. The minimum atomic E-state index is -4.66. The van der Waals surface area contributed by atoms with E-state index in [1.807, 2.05) is 55.4 Å². The number of hydrogen-bond acceptors (Lipinski definition) is 9. The summed E-state index contributed by atoms with van der Waals surface area (Å²) in [6.45, 7) is 2.82. The molecule has 0 bridgehead atoms. The van der Waals surface area contributed by atoms with Gasteiger partial charge in [0, 0.05) is 25.8 Å². The van der Waals surface area contributed by atoms with Crippen molar-refractivity contribution in [1.29, 1.82) is 0 Å². The number of carbonyl (C=O) groups excluding carboxylic acids is 1. The number of nitrogens with zero attached hydrogens (tertiary/aromatic N) is 5. The van der Waals surface area contributed by atoms with E-state index < -0.39 is 30.4 Å². The minimum Gasteiger partial charge on any atom is -0.466 e. The monoisotopic (exact) mass is 598 g/mol. The molecule has 1 amide bonds. The number of anilines is 6. The average molecular weight is 599 g/mol. The highest BCUT2D eigenvalue weighted by molar-refractivity contribution is 6.01. The lowest BCUT2D eigenvalue weighted by molar-refractivity contribution is -0.153. The van der Waals surface area contributed by atoms with Crippen LogP contribution in [0.2, 0.25) is 0 Å². The Hall–Kier alpha value is -4.98. The molecule has 0 atom stereocenters. The van der Waals surface area contributed by atoms with E-state index in [-0.39, 0.29) is 29.0 Å². The van der Waals surface area contributed by atoms with Crippen LogP contribution in [0.25, 0.3) is 10.8 Å². The van der Waals surface area contributed by atoms with Crippen molar-refractivity contribution in [2.24, 2.45) is 0 Å². The molecule has 2 aromatic carbocycles. The van der Waals surface area contributed by atoms with Crippen LogP contribution in [0, 0.1) is 5.82 Å². The zero-order valence-corrected chi connectivity index (χ0v) is 23.7. The summed E-state index contributed by atoms with van der Waals surface area (Å²) in [5, 5.41) is 10.2. The maximum Gasteiger partial charge on any atom is 0.422 e. The largest absolute Gasteiger partial charge is 0.466 e. The molecule has 0 radical (unpaired) electrons. The lowest BCUT2D eigenvalue weighted by Gasteiger charge is -2.25. The first-order valence-corrected chi connectivity index (χ1v) is 13.0. The first kappa shape index (κ1) is 31.0. The van der Waals surface area contributed by atoms with Crippen molar-refractivity contribution in [1.82, 2.24) is 19.9 Å². The number of ether oxygens (including phenoxy) is 1. The highest BCUT2D eigenvalue weighted by atomic mass is 19.4. The first-order chi connectivity index (χ1) is 20.4. The summed E-state index contributed by atoms with van der Waals surface area (Å²) in [5.41, 5.74) is 0.610. The maximum absolute atomic E-state index is 14.7. The summed E-state index contributed by atoms with van der Waals surface area (Å²) < 4.78 is 59.2. The van der Waals surface area contributed by atoms with E-state index in [1.54, 1.807) is 18.0 Å². The van der Waals surface area contributed by atoms with E-state index in [1.165, 1.54) is 6.07 Å². The van der Waals surface area contributed by atoms with Crippen LogP contribution in [0.4, 0.5) is 52.2 Å². The number of likely N-dealkylation sites (N-methyl/N-ethyl adjacent to an activating group) is 2. The van der Waals surface area contributed by atoms with Gasteiger partial charge in [-0.05, 0) is 49.1 Å². The zero-order chi connectivity index (χ0) is 31.1. The predicted molar refractivity (Wildman–Crippen MR) is 159 cm³/mol. The number of halogens is 4. The lowest BCUT2D eigenvalue weighted by Crippen LogP contribution is -2.30. The number of carbonyl (C=O) groups is 1. The van der Waals surface area contributed by atoms with Crippen LogP contribution in [0.15, 0.2) is 67.4 Å². The Kier molecular flexibility index (Phi) is 9.60. The standard InChI is InChI=1S/C29H30F4N8O2/c1-5-24(42)36-22-15-23(27(43-17-29(31,32)33)39-26(22)41(4)13-12-40(2)3)37-28-34-16-21(30)25(38-28)35-20-11-10-18-8-6-7-9-19(18)14-20/h5-11,14-16H,1,12-13,17H2,2-4H3,(H,36,42)(H2,34,35,37,38). The van der Waals surface area contributed by atoms with Crippen LogP contribution < -0.4 is 25.6 Å². The molecule has 43 heavy (non-hydrogen) atoms. The van der Waals surface area contributed by atoms with Crippen LogP contribution in [0.3, 0.4) is 0 Å². The second-order valence-electron chi connectivity index (χ2n) is 9.74. The third-order valence-electron chi connectivity index (χ3n) is 6.03. The van der Waals surface area contributed by atoms with Crippen LogP contribution in [-0.2, 0) is 4.79 Å². The van der Waals surface area contributed by atoms with Crippen LogP contribution in [0.1, 0.15) is 0 Å². The third-order valence-corrected chi connectivity index (χ3v) is 6.03. The second kappa shape index (κ2) is 13.3. The van der Waals surface area contributed by atoms with Gasteiger partial charge in [-0.15, -0.1) is 0 Å². The van der Waals surface area contributed by atoms with Gasteiger partial charge in [-0.3, -0.25) is 4.79 Å². The van der Waals surface area contributed by atoms with E-state index >= 15 is 0 Å². The molecule has 2 aromatic heterocycles. The first-order valence-electron chi connectivity index (χ1n) is 13.0. The number of pyridine rings is 1. The molecule has 0 aliphatic heterocycles. The van der Waals surface area contributed by atoms with Crippen molar-refractivity contribution < 1.29 is 27.1 Å². The normalized spacial score (nSPS) is 11.3. The van der Waals surface area contributed by atoms with Gasteiger partial charge in [-0.2, -0.15) is 23.1 Å². The zero-order valence-electron chi connectivity index (χ0n) is 23.7. The van der Waals surface area contributed by atoms with Gasteiger partial charge < -0.3 is 30.5 Å². The summed E-state index contributed by atoms with van der Waals surface area (Å²) in [5.74, 6) is -1.96. The molecule has 0 saturated heterocycles. The Balaban J connectivity index is 1.70. The van der Waals surface area contributed by atoms with Crippen molar-refractivity contribution in [3.05, 3.63) is 73.2 Å². The average Bonchev–Trinajstić information content (AvgIpc) is 2.96. The highest BCUT2D eigenvalue weighted by Crippen LogP contribution is 2.36. The van der Waals surface area contributed by atoms with Crippen LogP contribution in [0.5, 0.6) is 5.88 Å². The van der Waals surface area contributed by atoms with Gasteiger partial charge in [-0.1, -0.05) is 36.9 Å². The Morgan fingerprint density at radius 1 is 1.00 bits per heavy atom. The molecule has 0 fully saturated rings. The molecular formula is C29H30F4N8O2. The van der Waals surface area contributed by atoms with Gasteiger partial charge in [0.2, 0.25) is 17.7 Å². The fraction of sp³-hybridized carbons (Fsp3) is 0.241. The number of nitrogens with one attached hydrogen (secondary N) is 3. The van der Waals surface area contributed by atoms with Gasteiger partial charge >= 0.3 is 6.18 Å². The molecule has 10 nitrogen and oxygen atoms in total. The lowest BCUT2D eigenvalue weighted by atomic mass is 10.1. The van der Waals surface area contributed by atoms with Gasteiger partial charge in [0.15, 0.2) is 24.1 Å². The van der Waals surface area contributed by atoms with E-state index in [0.29, 0.717) is 18.8 Å². The quantitative estimate of drug-likeness (QED) is 0.140. The predicted octanol–water partition coefficient (Wildman–Crippen LogP) is 5.71. The maximum atomic E-state index is 14.7. The fourth-order valence-electron chi connectivity index (χ4n) is 3.90. The number of amides is 1. The Morgan fingerprint density at radius 2 is 1.74 bits per heavy atom. The summed E-state index contributed by atoms with van der Waals surface area (Å²) in [7, 11) is 5.39. The van der Waals surface area contributed by atoms with Gasteiger partial charge in [0.05, 0.1) is 11.9 Å². The fourth-order valence-corrected chi connectivity index (χ4v) is 3.90. The number of alkyl halides is 3. The highest BCUT2D eigenvalue weighted by Gasteiger charge is 2.30. The van der Waals surface area contributed by atoms with Gasteiger partial charge in [0.1, 0.15) is 5.69 Å².